The Hall–Kier alpha value is -7.96. The first-order chi connectivity index (χ1) is 47.5. The maximum atomic E-state index is 2.46. The minimum Gasteiger partial charge on any atom is -0.135 e. The summed E-state index contributed by atoms with van der Waals surface area (Å²) < 4.78 is 5.62. The molecule has 0 atom stereocenters. The van der Waals surface area contributed by atoms with Crippen molar-refractivity contribution in [2.45, 2.75) is 156 Å². The van der Waals surface area contributed by atoms with Crippen molar-refractivity contribution in [3.63, 3.8) is 0 Å². The molecule has 4 aromatic heterocycles. The molecule has 0 aliphatic carbocycles. The first-order valence-corrected chi connectivity index (χ1v) is 39.5. The highest BCUT2D eigenvalue weighted by Gasteiger charge is 2.23. The van der Waals surface area contributed by atoms with Crippen molar-refractivity contribution in [1.82, 2.24) is 0 Å². The molecule has 0 amide bonds. The van der Waals surface area contributed by atoms with Gasteiger partial charge in [-0.3, -0.25) is 0 Å². The average molecular weight is 1320 g/mol. The first-order valence-electron chi connectivity index (χ1n) is 36.3. The Kier molecular flexibility index (Phi) is 19.6. The number of hydrogen-bond donors (Lipinski definition) is 0. The van der Waals surface area contributed by atoms with Crippen LogP contribution in [-0.2, 0) is 25.7 Å². The van der Waals surface area contributed by atoms with Crippen LogP contribution in [0.4, 0.5) is 0 Å². The minimum absolute atomic E-state index is 1.18. The van der Waals surface area contributed by atoms with Crippen LogP contribution in [0.2, 0.25) is 0 Å². The van der Waals surface area contributed by atoms with E-state index in [0.29, 0.717) is 0 Å². The highest BCUT2D eigenvalue weighted by Crippen LogP contribution is 2.53. The molecule has 0 unspecified atom stereocenters. The summed E-state index contributed by atoms with van der Waals surface area (Å²) in [6.07, 6.45) is 25.6. The molecule has 12 aromatic carbocycles. The van der Waals surface area contributed by atoms with Crippen LogP contribution in [0.5, 0.6) is 0 Å². The molecule has 4 heterocycles. The lowest BCUT2D eigenvalue weighted by Crippen LogP contribution is -1.85. The normalized spacial score (nSPS) is 12.0. The molecule has 0 aliphatic rings. The number of aryl methyl sites for hydroxylation is 4. The molecule has 0 radical (unpaired) electrons. The molecule has 0 saturated heterocycles. The molecular weight excluding hydrogens is 1230 g/mol. The van der Waals surface area contributed by atoms with Crippen molar-refractivity contribution in [1.29, 1.82) is 0 Å². The standard InChI is InChI=1S/2C46H44S2/c2*1-3-5-7-9-15-31-21-25-33(26-22-31)41-29-39-35-17-11-13-19-37(35)44-43(45(39)47-41)38-20-14-12-18-36(38)40-30-42(48-46(40)44)34-27-23-32(24-28-34)16-10-8-6-4-2/h2*11-14,17-30H,3-10,15-16H2,1-2H3. The summed E-state index contributed by atoms with van der Waals surface area (Å²) in [5, 5.41) is 22.0. The fourth-order valence-electron chi connectivity index (χ4n) is 15.3. The number of rotatable bonds is 24. The molecule has 0 bridgehead atoms. The van der Waals surface area contributed by atoms with Crippen molar-refractivity contribution in [3.05, 3.63) is 241 Å². The van der Waals surface area contributed by atoms with Crippen molar-refractivity contribution < 1.29 is 0 Å². The van der Waals surface area contributed by atoms with E-state index in [1.807, 2.05) is 45.3 Å². The van der Waals surface area contributed by atoms with Crippen molar-refractivity contribution in [2.24, 2.45) is 0 Å². The monoisotopic (exact) mass is 1320 g/mol. The van der Waals surface area contributed by atoms with Crippen LogP contribution in [0.3, 0.4) is 0 Å². The van der Waals surface area contributed by atoms with Gasteiger partial charge in [0.15, 0.2) is 0 Å². The number of fused-ring (bicyclic) bond motifs is 22. The SMILES string of the molecule is CCCCCCc1ccc(-c2cc3c4ccccc4c4c5sc(-c6ccc(CCCCCC)cc6)cc5c5ccccc5c4c3s2)cc1.CCCCCCc1ccc(-c2cc3c4ccccc4c4c5sc(-c6ccc(CCCCCC)cc6)cc5c5ccccc5c4c3s2)cc1. The fraction of sp³-hybridized carbons (Fsp3) is 0.261. The van der Waals surface area contributed by atoms with Crippen LogP contribution >= 0.6 is 45.3 Å². The number of thiophene rings is 4. The molecule has 480 valence electrons. The second-order valence-corrected chi connectivity index (χ2v) is 31.3. The highest BCUT2D eigenvalue weighted by atomic mass is 32.1. The van der Waals surface area contributed by atoms with Crippen LogP contribution in [0.1, 0.15) is 153 Å². The lowest BCUT2D eigenvalue weighted by Gasteiger charge is -2.12. The summed E-state index contributed by atoms with van der Waals surface area (Å²) in [4.78, 5) is 5.41. The van der Waals surface area contributed by atoms with Gasteiger partial charge in [-0.25, -0.2) is 0 Å². The first kappa shape index (κ1) is 64.1. The van der Waals surface area contributed by atoms with Crippen molar-refractivity contribution in [3.8, 4) is 41.8 Å². The zero-order chi connectivity index (χ0) is 64.9. The summed E-state index contributed by atoms with van der Waals surface area (Å²) in [6, 6.07) is 83.9. The number of benzene rings is 12. The van der Waals surface area contributed by atoms with Crippen molar-refractivity contribution >= 4 is 150 Å². The molecule has 16 aromatic rings. The Morgan fingerprint density at radius 2 is 0.396 bits per heavy atom. The molecule has 0 aliphatic heterocycles. The van der Waals surface area contributed by atoms with E-state index in [-0.39, 0.29) is 0 Å². The van der Waals surface area contributed by atoms with E-state index in [2.05, 4.69) is 246 Å². The minimum atomic E-state index is 1.18. The molecule has 96 heavy (non-hydrogen) atoms. The van der Waals surface area contributed by atoms with Crippen LogP contribution in [0, 0.1) is 0 Å². The molecule has 16 rings (SSSR count). The highest BCUT2D eigenvalue weighted by molar-refractivity contribution is 7.26. The van der Waals surface area contributed by atoms with E-state index >= 15 is 0 Å². The molecular formula is C92H88S4. The molecule has 0 fully saturated rings. The smallest absolute Gasteiger partial charge is 0.0441 e. The number of unbranched alkanes of at least 4 members (excludes halogenated alkanes) is 12. The summed E-state index contributed by atoms with van der Waals surface area (Å²) in [5.74, 6) is 0. The Bertz CT molecular complexity index is 4700. The lowest BCUT2D eigenvalue weighted by molar-refractivity contribution is 0.667. The Morgan fingerprint density at radius 3 is 0.594 bits per heavy atom. The van der Waals surface area contributed by atoms with Gasteiger partial charge < -0.3 is 0 Å². The zero-order valence-corrected chi connectivity index (χ0v) is 59.8. The van der Waals surface area contributed by atoms with E-state index in [0.717, 1.165) is 0 Å². The van der Waals surface area contributed by atoms with Gasteiger partial charge in [-0.15, -0.1) is 45.3 Å². The predicted molar refractivity (Wildman–Crippen MR) is 433 cm³/mol. The fourth-order valence-corrected chi connectivity index (χ4v) is 20.2. The second kappa shape index (κ2) is 29.4. The number of hydrogen-bond acceptors (Lipinski definition) is 4. The predicted octanol–water partition coefficient (Wildman–Crippen LogP) is 30.3. The Labute approximate surface area is 584 Å². The van der Waals surface area contributed by atoms with Gasteiger partial charge in [0.25, 0.3) is 0 Å². The third-order valence-electron chi connectivity index (χ3n) is 20.5. The largest absolute Gasteiger partial charge is 0.135 e. The molecule has 4 heteroatoms. The average Bonchev–Trinajstić information content (AvgIpc) is 1.48. The van der Waals surface area contributed by atoms with E-state index in [1.54, 1.807) is 0 Å². The quantitative estimate of drug-likeness (QED) is 0.0418. The summed E-state index contributed by atoms with van der Waals surface area (Å²) in [7, 11) is 0. The Balaban J connectivity index is 0.000000158. The Morgan fingerprint density at radius 1 is 0.198 bits per heavy atom. The summed E-state index contributed by atoms with van der Waals surface area (Å²) in [6.45, 7) is 9.13. The van der Waals surface area contributed by atoms with E-state index in [1.165, 1.54) is 297 Å². The van der Waals surface area contributed by atoms with Gasteiger partial charge in [0.2, 0.25) is 0 Å². The van der Waals surface area contributed by atoms with Gasteiger partial charge in [0.1, 0.15) is 0 Å². The van der Waals surface area contributed by atoms with Crippen LogP contribution < -0.4 is 0 Å². The zero-order valence-electron chi connectivity index (χ0n) is 56.6. The molecule has 0 N–H and O–H groups in total. The van der Waals surface area contributed by atoms with Gasteiger partial charge in [-0.2, -0.15) is 0 Å². The summed E-state index contributed by atoms with van der Waals surface area (Å²) >= 11 is 7.87. The molecule has 0 nitrogen and oxygen atoms in total. The molecule has 0 saturated carbocycles. The lowest BCUT2D eigenvalue weighted by atomic mass is 9.93. The maximum absolute atomic E-state index is 2.46. The summed E-state index contributed by atoms with van der Waals surface area (Å²) in [5.41, 5.74) is 11.1. The topological polar surface area (TPSA) is 0 Å². The maximum Gasteiger partial charge on any atom is 0.0441 e. The van der Waals surface area contributed by atoms with Crippen molar-refractivity contribution in [2.75, 3.05) is 0 Å². The van der Waals surface area contributed by atoms with Crippen LogP contribution in [0.25, 0.3) is 147 Å². The van der Waals surface area contributed by atoms with E-state index in [4.69, 9.17) is 0 Å². The third kappa shape index (κ3) is 12.9. The van der Waals surface area contributed by atoms with Gasteiger partial charge in [-0.1, -0.05) is 299 Å². The van der Waals surface area contributed by atoms with Gasteiger partial charge >= 0.3 is 0 Å². The molecule has 0 spiro atoms. The van der Waals surface area contributed by atoms with Gasteiger partial charge in [-0.05, 0) is 163 Å². The second-order valence-electron chi connectivity index (χ2n) is 27.1. The van der Waals surface area contributed by atoms with E-state index in [9.17, 15) is 0 Å². The third-order valence-corrected chi connectivity index (χ3v) is 25.3. The van der Waals surface area contributed by atoms with Crippen LogP contribution in [0.15, 0.2) is 218 Å². The van der Waals surface area contributed by atoms with E-state index < -0.39 is 0 Å². The van der Waals surface area contributed by atoms with Crippen LogP contribution in [-0.4, -0.2) is 0 Å². The van der Waals surface area contributed by atoms with Gasteiger partial charge in [0.05, 0.1) is 0 Å². The van der Waals surface area contributed by atoms with Gasteiger partial charge in [0, 0.05) is 81.4 Å².